The molecule has 0 fully saturated rings. The first-order chi connectivity index (χ1) is 9.90. The lowest BCUT2D eigenvalue weighted by Gasteiger charge is -2.15. The molecule has 9 nitrogen and oxygen atoms in total. The minimum atomic E-state index is -0.284. The van der Waals surface area contributed by atoms with Crippen molar-refractivity contribution in [3.8, 4) is 12.4 Å². The summed E-state index contributed by atoms with van der Waals surface area (Å²) in [6.07, 6.45) is 2.81. The fraction of sp³-hybridized carbons (Fsp3) is 0.500. The van der Waals surface area contributed by atoms with E-state index in [1.54, 1.807) is 12.4 Å². The van der Waals surface area contributed by atoms with Crippen molar-refractivity contribution >= 4 is 11.5 Å². The molecule has 1 aliphatic rings. The van der Waals surface area contributed by atoms with E-state index in [9.17, 15) is 9.59 Å². The highest BCUT2D eigenvalue weighted by molar-refractivity contribution is 5.71. The number of hydrogen-bond donors (Lipinski definition) is 1. The molecule has 0 radical (unpaired) electrons. The zero-order valence-electron chi connectivity index (χ0n) is 12.4. The van der Waals surface area contributed by atoms with Gasteiger partial charge in [-0.05, 0) is 6.92 Å². The van der Waals surface area contributed by atoms with Gasteiger partial charge in [-0.2, -0.15) is 10.5 Å². The second kappa shape index (κ2) is 6.48. The Labute approximate surface area is 121 Å². The van der Waals surface area contributed by atoms with Crippen molar-refractivity contribution in [1.82, 2.24) is 14.5 Å². The van der Waals surface area contributed by atoms with Gasteiger partial charge in [0.25, 0.3) is 5.56 Å². The van der Waals surface area contributed by atoms with Crippen molar-refractivity contribution in [1.29, 1.82) is 10.5 Å². The minimum Gasteiger partial charge on any atom is -0.347 e. The third-order valence-corrected chi connectivity index (χ3v) is 3.16. The zero-order valence-corrected chi connectivity index (χ0v) is 12.4. The van der Waals surface area contributed by atoms with Crippen LogP contribution < -0.4 is 26.4 Å². The molecule has 0 atom stereocenters. The molecule has 0 aromatic carbocycles. The number of nitriles is 2. The molecule has 0 bridgehead atoms. The largest absolute Gasteiger partial charge is 0.347 e. The van der Waals surface area contributed by atoms with E-state index in [0.29, 0.717) is 18.2 Å². The topological polar surface area (TPSA) is 110 Å². The van der Waals surface area contributed by atoms with Crippen LogP contribution in [0.1, 0.15) is 6.92 Å². The second-order valence-electron chi connectivity index (χ2n) is 4.42. The average molecular weight is 291 g/mol. The van der Waals surface area contributed by atoms with Gasteiger partial charge in [0.2, 0.25) is 0 Å². The Hall–Kier alpha value is -2.94. The monoisotopic (exact) mass is 291 g/mol. The smallest absolute Gasteiger partial charge is 0.332 e. The van der Waals surface area contributed by atoms with E-state index in [-0.39, 0.29) is 11.2 Å². The van der Waals surface area contributed by atoms with Crippen LogP contribution in [0.5, 0.6) is 0 Å². The molecule has 0 saturated heterocycles. The summed E-state index contributed by atoms with van der Waals surface area (Å²) in [6, 6.07) is 0. The van der Waals surface area contributed by atoms with E-state index in [0.717, 1.165) is 11.1 Å². The van der Waals surface area contributed by atoms with Crippen LogP contribution in [0.3, 0.4) is 0 Å². The first-order valence-electron chi connectivity index (χ1n) is 6.19. The molecule has 1 aliphatic heterocycles. The highest BCUT2D eigenvalue weighted by atomic mass is 16.2. The molecule has 0 aliphatic carbocycles. The predicted molar refractivity (Wildman–Crippen MR) is 77.6 cm³/mol. The van der Waals surface area contributed by atoms with Gasteiger partial charge < -0.3 is 9.80 Å². The summed E-state index contributed by atoms with van der Waals surface area (Å²) in [5, 5.41) is 16.7. The van der Waals surface area contributed by atoms with Crippen LogP contribution in [-0.2, 0) is 14.1 Å². The molecular formula is C12H17N7O2. The van der Waals surface area contributed by atoms with Gasteiger partial charge in [-0.25, -0.2) is 10.1 Å². The van der Waals surface area contributed by atoms with E-state index in [1.807, 2.05) is 23.8 Å². The first kappa shape index (κ1) is 16.1. The second-order valence-corrected chi connectivity index (χ2v) is 4.42. The Kier molecular flexibility index (Phi) is 4.97. The lowest BCUT2D eigenvalue weighted by Crippen LogP contribution is -2.39. The molecule has 0 saturated carbocycles. The van der Waals surface area contributed by atoms with Crippen molar-refractivity contribution in [2.45, 2.75) is 6.92 Å². The van der Waals surface area contributed by atoms with E-state index in [1.165, 1.54) is 24.0 Å². The Balaban J connectivity index is 0.000000383. The maximum atomic E-state index is 12.0. The number of fused-ring (bicyclic) bond motifs is 1. The van der Waals surface area contributed by atoms with E-state index in [2.05, 4.69) is 0 Å². The van der Waals surface area contributed by atoms with Gasteiger partial charge in [0, 0.05) is 27.7 Å². The van der Waals surface area contributed by atoms with Gasteiger partial charge >= 0.3 is 5.69 Å². The van der Waals surface area contributed by atoms with Crippen LogP contribution in [0, 0.1) is 22.9 Å². The van der Waals surface area contributed by atoms with E-state index in [4.69, 9.17) is 10.5 Å². The lowest BCUT2D eigenvalue weighted by molar-refractivity contribution is 0.689. The van der Waals surface area contributed by atoms with Gasteiger partial charge in [0.1, 0.15) is 11.5 Å². The number of anilines is 2. The fourth-order valence-electron chi connectivity index (χ4n) is 2.21. The van der Waals surface area contributed by atoms with Crippen LogP contribution in [0.25, 0.3) is 0 Å². The summed E-state index contributed by atoms with van der Waals surface area (Å²) in [6.45, 7) is 3.40. The van der Waals surface area contributed by atoms with Gasteiger partial charge in [-0.15, -0.1) is 0 Å². The van der Waals surface area contributed by atoms with E-state index < -0.39 is 0 Å². The third kappa shape index (κ3) is 2.82. The van der Waals surface area contributed by atoms with Crippen LogP contribution in [-0.4, -0.2) is 29.4 Å². The molecule has 2 rings (SSSR count). The van der Waals surface area contributed by atoms with Crippen LogP contribution in [0.2, 0.25) is 0 Å². The number of rotatable bonds is 1. The number of nitrogens with zero attached hydrogens (tertiary/aromatic N) is 6. The normalized spacial score (nSPS) is 11.9. The van der Waals surface area contributed by atoms with Crippen molar-refractivity contribution in [3.05, 3.63) is 20.8 Å². The summed E-state index contributed by atoms with van der Waals surface area (Å²) < 4.78 is 2.67. The highest BCUT2D eigenvalue weighted by Gasteiger charge is 2.29. The van der Waals surface area contributed by atoms with Crippen molar-refractivity contribution in [2.24, 2.45) is 14.1 Å². The molecule has 2 heterocycles. The Morgan fingerprint density at radius 3 is 2.14 bits per heavy atom. The molecular weight excluding hydrogens is 274 g/mol. The van der Waals surface area contributed by atoms with Gasteiger partial charge in [0.15, 0.2) is 12.4 Å². The van der Waals surface area contributed by atoms with Crippen LogP contribution in [0.4, 0.5) is 11.5 Å². The van der Waals surface area contributed by atoms with Gasteiger partial charge in [-0.1, -0.05) is 0 Å². The summed E-state index contributed by atoms with van der Waals surface area (Å²) in [4.78, 5) is 27.7. The fourth-order valence-corrected chi connectivity index (χ4v) is 2.21. The molecule has 112 valence electrons. The maximum Gasteiger partial charge on any atom is 0.332 e. The highest BCUT2D eigenvalue weighted by Crippen LogP contribution is 2.29. The van der Waals surface area contributed by atoms with Crippen molar-refractivity contribution < 1.29 is 0 Å². The quantitative estimate of drug-likeness (QED) is 0.514. The molecule has 1 N–H and O–H groups in total. The summed E-state index contributed by atoms with van der Waals surface area (Å²) in [5.41, 5.74) is 0.118. The molecule has 0 spiro atoms. The SMILES string of the molecule is CCN1CN(C)c2c1c(=O)n(C)c(=O)n2C.N#CNC#N. The predicted octanol–water partition coefficient (Wildman–Crippen LogP) is -1.14. The third-order valence-electron chi connectivity index (χ3n) is 3.16. The van der Waals surface area contributed by atoms with E-state index >= 15 is 0 Å². The zero-order chi connectivity index (χ0) is 16.2. The van der Waals surface area contributed by atoms with Gasteiger partial charge in [0.05, 0.1) is 6.67 Å². The van der Waals surface area contributed by atoms with Crippen molar-refractivity contribution in [3.63, 3.8) is 0 Å². The lowest BCUT2D eigenvalue weighted by atomic mass is 10.4. The molecule has 1 aromatic heterocycles. The number of aromatic nitrogens is 2. The Morgan fingerprint density at radius 2 is 1.71 bits per heavy atom. The Bertz CT molecular complexity index is 707. The summed E-state index contributed by atoms with van der Waals surface area (Å²) >= 11 is 0. The molecule has 0 amide bonds. The standard InChI is InChI=1S/C10H16N4O2.C2HN3/c1-5-14-6-11(2)8-7(14)9(15)13(4)10(16)12(8)3;3-1-5-2-4/h5-6H2,1-4H3;5H. The molecule has 0 unspecified atom stereocenters. The van der Waals surface area contributed by atoms with Crippen molar-refractivity contribution in [2.75, 3.05) is 30.1 Å². The van der Waals surface area contributed by atoms with Crippen LogP contribution >= 0.6 is 0 Å². The summed E-state index contributed by atoms with van der Waals surface area (Å²) in [7, 11) is 5.08. The van der Waals surface area contributed by atoms with Gasteiger partial charge in [-0.3, -0.25) is 13.9 Å². The minimum absolute atomic E-state index is 0.218. The average Bonchev–Trinajstić information content (AvgIpc) is 2.81. The van der Waals surface area contributed by atoms with Crippen LogP contribution in [0.15, 0.2) is 9.59 Å². The molecule has 1 aromatic rings. The number of hydrogen-bond acceptors (Lipinski definition) is 7. The molecule has 9 heteroatoms. The summed E-state index contributed by atoms with van der Waals surface area (Å²) in [5.74, 6) is 0.704. The first-order valence-corrected chi connectivity index (χ1v) is 6.19. The Morgan fingerprint density at radius 1 is 1.14 bits per heavy atom. The number of nitrogens with one attached hydrogen (secondary N) is 1. The molecule has 21 heavy (non-hydrogen) atoms. The maximum absolute atomic E-state index is 12.0.